The van der Waals surface area contributed by atoms with Crippen LogP contribution < -0.4 is 11.1 Å². The van der Waals surface area contributed by atoms with Crippen LogP contribution in [0.15, 0.2) is 12.7 Å². The number of rotatable bonds is 6. The van der Waals surface area contributed by atoms with Crippen LogP contribution in [0.25, 0.3) is 11.2 Å². The Morgan fingerprint density at radius 3 is 2.77 bits per heavy atom. The molecule has 0 bridgehead atoms. The summed E-state index contributed by atoms with van der Waals surface area (Å²) in [5.74, 6) is -0.807. The van der Waals surface area contributed by atoms with Crippen molar-refractivity contribution in [3.05, 3.63) is 12.7 Å². The Kier molecular flexibility index (Phi) is 6.94. The van der Waals surface area contributed by atoms with E-state index in [-0.39, 0.29) is 29.4 Å². The number of carbonyl (C=O) groups is 1. The Bertz CT molecular complexity index is 777. The van der Waals surface area contributed by atoms with Crippen molar-refractivity contribution in [2.24, 2.45) is 0 Å². The number of carboxylic acids is 1. The zero-order chi connectivity index (χ0) is 18.1. The van der Waals surface area contributed by atoms with E-state index in [2.05, 4.69) is 36.3 Å². The minimum absolute atomic E-state index is 0. The summed E-state index contributed by atoms with van der Waals surface area (Å²) in [7, 11) is 0. The average molecular weight is 498 g/mol. The van der Waals surface area contributed by atoms with Gasteiger partial charge in [-0.3, -0.25) is 0 Å². The maximum atomic E-state index is 11.0. The molecule has 26 heavy (non-hydrogen) atoms. The fraction of sp³-hybridized carbons (Fsp3) is 0.538. The average Bonchev–Trinajstić information content (AvgIpc) is 3.12. The molecule has 2 aromatic rings. The quantitative estimate of drug-likeness (QED) is 0.252. The topological polar surface area (TPSA) is 169 Å². The van der Waals surface area contributed by atoms with E-state index in [1.165, 1.54) is 17.2 Å². The second-order valence-corrected chi connectivity index (χ2v) is 6.38. The molecule has 1 fully saturated rings. The Morgan fingerprint density at radius 2 is 2.12 bits per heavy atom. The van der Waals surface area contributed by atoms with Crippen LogP contribution in [-0.2, 0) is 9.53 Å². The number of nitrogens with two attached hydrogens (primary N) is 1. The predicted molar refractivity (Wildman–Crippen MR) is 95.6 cm³/mol. The van der Waals surface area contributed by atoms with Gasteiger partial charge in [0.25, 0.3) is 0 Å². The van der Waals surface area contributed by atoms with E-state index in [0.29, 0.717) is 16.5 Å². The van der Waals surface area contributed by atoms with Gasteiger partial charge >= 0.3 is 167 Å². The standard InChI is InChI=1S/C13H18N6O5Se.H2Se/c14-10-7-11(17-3-16-10)19(4-18-7)12-9(21)8(20)6(24-12)1-15-5(2-25)13(22)23;/h3-6,8-9,12,15,20-21,25H,1-2H2,(H,22,23)(H2,14,16,17);1H2/t5?,6-,8-,9-,12-;/m1./s1. The molecule has 2 aromatic heterocycles. The molecule has 5 atom stereocenters. The van der Waals surface area contributed by atoms with Crippen molar-refractivity contribution in [1.29, 1.82) is 0 Å². The number of ether oxygens (including phenoxy) is 1. The van der Waals surface area contributed by atoms with Gasteiger partial charge in [-0.1, -0.05) is 0 Å². The second kappa shape index (κ2) is 8.59. The van der Waals surface area contributed by atoms with Crippen LogP contribution in [0.2, 0.25) is 5.32 Å². The number of aliphatic carboxylic acids is 1. The molecule has 0 spiro atoms. The summed E-state index contributed by atoms with van der Waals surface area (Å²) < 4.78 is 7.18. The number of imidazole rings is 1. The number of nitrogens with zero attached hydrogens (tertiary/aromatic N) is 4. The first-order valence-corrected chi connectivity index (χ1v) is 8.78. The van der Waals surface area contributed by atoms with Gasteiger partial charge in [0, 0.05) is 0 Å². The first-order valence-electron chi connectivity index (χ1n) is 7.45. The molecular formula is C13H20N6O5Se2. The zero-order valence-corrected chi connectivity index (χ0v) is 17.4. The van der Waals surface area contributed by atoms with Gasteiger partial charge in [-0.05, 0) is 0 Å². The number of hydrogen-bond donors (Lipinski definition) is 5. The Hall–Kier alpha value is -1.30. The second-order valence-electron chi connectivity index (χ2n) is 5.61. The zero-order valence-electron chi connectivity index (χ0n) is 13.4. The molecule has 13 heteroatoms. The van der Waals surface area contributed by atoms with Gasteiger partial charge in [0.2, 0.25) is 0 Å². The third-order valence-electron chi connectivity index (χ3n) is 4.04. The molecule has 0 radical (unpaired) electrons. The third kappa shape index (κ3) is 3.85. The molecule has 6 N–H and O–H groups in total. The number of aliphatic hydroxyl groups excluding tert-OH is 2. The monoisotopic (exact) mass is 500 g/mol. The normalized spacial score (nSPS) is 26.6. The SMILES string of the molecule is Nc1ncnc2c1ncn2[C@@H]1O[C@H](CNC(C[SeH])C(=O)O)[C@@H](O)[C@H]1O.[SeH2]. The van der Waals surface area contributed by atoms with E-state index in [0.717, 1.165) is 0 Å². The molecule has 144 valence electrons. The molecule has 1 aliphatic rings. The van der Waals surface area contributed by atoms with Crippen molar-refractivity contribution >= 4 is 56.0 Å². The molecule has 1 unspecified atom stereocenters. The van der Waals surface area contributed by atoms with Crippen molar-refractivity contribution in [2.45, 2.75) is 35.9 Å². The van der Waals surface area contributed by atoms with Gasteiger partial charge in [-0.15, -0.1) is 0 Å². The molecule has 0 saturated carbocycles. The number of carboxylic acid groups (broad SMARTS) is 1. The van der Waals surface area contributed by atoms with Gasteiger partial charge in [0.05, 0.1) is 0 Å². The van der Waals surface area contributed by atoms with Crippen LogP contribution in [0, 0.1) is 0 Å². The first kappa shape index (κ1) is 21.0. The molecule has 11 nitrogen and oxygen atoms in total. The Labute approximate surface area is 166 Å². The molecule has 3 heterocycles. The molecule has 0 aliphatic carbocycles. The van der Waals surface area contributed by atoms with Gasteiger partial charge < -0.3 is 0 Å². The summed E-state index contributed by atoms with van der Waals surface area (Å²) in [5.41, 5.74) is 6.47. The summed E-state index contributed by atoms with van der Waals surface area (Å²) in [6, 6.07) is -0.784. The fourth-order valence-corrected chi connectivity index (χ4v) is 3.27. The number of nitrogens with one attached hydrogen (secondary N) is 1. The van der Waals surface area contributed by atoms with Crippen LogP contribution in [0.4, 0.5) is 5.82 Å². The summed E-state index contributed by atoms with van der Waals surface area (Å²) >= 11 is 2.19. The van der Waals surface area contributed by atoms with Crippen molar-refractivity contribution in [3.8, 4) is 0 Å². The van der Waals surface area contributed by atoms with E-state index >= 15 is 0 Å². The number of nitrogen functional groups attached to an aromatic ring is 1. The van der Waals surface area contributed by atoms with Gasteiger partial charge in [0.1, 0.15) is 0 Å². The Balaban J connectivity index is 0.00000243. The summed E-state index contributed by atoms with van der Waals surface area (Å²) in [4.78, 5) is 23.1. The molecule has 3 rings (SSSR count). The number of anilines is 1. The van der Waals surface area contributed by atoms with Crippen LogP contribution in [0.3, 0.4) is 0 Å². The van der Waals surface area contributed by atoms with Crippen LogP contribution in [0.1, 0.15) is 6.23 Å². The van der Waals surface area contributed by atoms with Crippen molar-refractivity contribution < 1.29 is 24.9 Å². The van der Waals surface area contributed by atoms with Crippen molar-refractivity contribution in [3.63, 3.8) is 0 Å². The maximum absolute atomic E-state index is 11.0. The van der Waals surface area contributed by atoms with Crippen molar-refractivity contribution in [1.82, 2.24) is 24.8 Å². The number of aromatic nitrogens is 4. The van der Waals surface area contributed by atoms with Gasteiger partial charge in [-0.2, -0.15) is 0 Å². The summed E-state index contributed by atoms with van der Waals surface area (Å²) in [5, 5.41) is 32.7. The van der Waals surface area contributed by atoms with E-state index in [4.69, 9.17) is 15.6 Å². The molecule has 1 saturated heterocycles. The van der Waals surface area contributed by atoms with Crippen molar-refractivity contribution in [2.75, 3.05) is 12.3 Å². The van der Waals surface area contributed by atoms with E-state index in [1.54, 1.807) is 0 Å². The molecular weight excluding hydrogens is 478 g/mol. The van der Waals surface area contributed by atoms with Crippen LogP contribution in [-0.4, -0.2) is 105 Å². The third-order valence-corrected chi connectivity index (χ3v) is 4.81. The molecule has 0 amide bonds. The molecule has 0 aromatic carbocycles. The van der Waals surface area contributed by atoms with Gasteiger partial charge in [-0.25, -0.2) is 0 Å². The fourth-order valence-electron chi connectivity index (χ4n) is 2.67. The minimum atomic E-state index is -1.24. The van der Waals surface area contributed by atoms with Crippen LogP contribution >= 0.6 is 0 Å². The first-order chi connectivity index (χ1) is 11.9. The summed E-state index contributed by atoms with van der Waals surface area (Å²) in [6.07, 6.45) is -1.49. The van der Waals surface area contributed by atoms with E-state index in [9.17, 15) is 15.0 Å². The Morgan fingerprint density at radius 1 is 1.38 bits per heavy atom. The number of fused-ring (bicyclic) bond motifs is 1. The van der Waals surface area contributed by atoms with E-state index < -0.39 is 36.6 Å². The number of hydrogen-bond acceptors (Lipinski definition) is 9. The number of aliphatic hydroxyl groups is 2. The molecule has 1 aliphatic heterocycles. The van der Waals surface area contributed by atoms with Crippen LogP contribution in [0.5, 0.6) is 0 Å². The van der Waals surface area contributed by atoms with E-state index in [1.807, 2.05) is 0 Å². The van der Waals surface area contributed by atoms with Gasteiger partial charge in [0.15, 0.2) is 0 Å². The summed E-state index contributed by atoms with van der Waals surface area (Å²) in [6.45, 7) is 0.0627. The predicted octanol–water partition coefficient (Wildman–Crippen LogP) is -3.53.